The lowest BCUT2D eigenvalue weighted by atomic mass is 10.00. The van der Waals surface area contributed by atoms with Crippen molar-refractivity contribution in [2.75, 3.05) is 13.2 Å². The SMILES string of the molecule is CC(=O)C[C@@H]1N=C(c2ccc(Cl)cc2)c2cc(OCCNC(=O)c3ccc(O)c(O)c3)ccc2-n2c(C)nnc21. The van der Waals surface area contributed by atoms with Crippen LogP contribution in [0.1, 0.15) is 52.5 Å². The van der Waals surface area contributed by atoms with E-state index in [1.165, 1.54) is 25.1 Å². The van der Waals surface area contributed by atoms with Crippen molar-refractivity contribution in [2.45, 2.75) is 26.3 Å². The standard InChI is InChI=1S/C29H26ClN5O5/c1-16(36)13-23-28-34-33-17(2)35(28)24-9-8-21(15-22(24)27(32-23)18-3-6-20(30)7-4-18)40-12-11-31-29(39)19-5-10-25(37)26(38)14-19/h3-10,14-15,23,37-38H,11-13H2,1-2H3,(H,31,39)/t23-/m0/s1. The van der Waals surface area contributed by atoms with E-state index < -0.39 is 11.9 Å². The van der Waals surface area contributed by atoms with Crippen LogP contribution in [0, 0.1) is 6.92 Å². The van der Waals surface area contributed by atoms with E-state index in [1.54, 1.807) is 12.1 Å². The van der Waals surface area contributed by atoms with Gasteiger partial charge in [-0.1, -0.05) is 23.7 Å². The van der Waals surface area contributed by atoms with Gasteiger partial charge in [0.15, 0.2) is 17.3 Å². The Bertz CT molecular complexity index is 1630. The molecular formula is C29H26ClN5O5. The predicted molar refractivity (Wildman–Crippen MR) is 149 cm³/mol. The number of benzene rings is 3. The van der Waals surface area contributed by atoms with Crippen LogP contribution in [0.25, 0.3) is 5.69 Å². The van der Waals surface area contributed by atoms with Gasteiger partial charge in [0, 0.05) is 28.1 Å². The predicted octanol–water partition coefficient (Wildman–Crippen LogP) is 4.32. The molecule has 0 bridgehead atoms. The van der Waals surface area contributed by atoms with Crippen molar-refractivity contribution in [3.05, 3.63) is 94.0 Å². The lowest BCUT2D eigenvalue weighted by molar-refractivity contribution is -0.117. The average Bonchev–Trinajstić information content (AvgIpc) is 3.25. The molecule has 0 saturated carbocycles. The van der Waals surface area contributed by atoms with Crippen molar-refractivity contribution >= 4 is 29.0 Å². The molecule has 0 fully saturated rings. The summed E-state index contributed by atoms with van der Waals surface area (Å²) in [6, 6.07) is 16.2. The molecule has 204 valence electrons. The zero-order valence-corrected chi connectivity index (χ0v) is 22.5. The molecule has 0 radical (unpaired) electrons. The Morgan fingerprint density at radius 3 is 2.52 bits per heavy atom. The Balaban J connectivity index is 1.43. The van der Waals surface area contributed by atoms with Gasteiger partial charge in [-0.05, 0) is 62.4 Å². The van der Waals surface area contributed by atoms with Crippen molar-refractivity contribution in [1.29, 1.82) is 0 Å². The van der Waals surface area contributed by atoms with E-state index in [4.69, 9.17) is 21.3 Å². The molecule has 1 aliphatic rings. The third kappa shape index (κ3) is 5.52. The average molecular weight is 560 g/mol. The van der Waals surface area contributed by atoms with Gasteiger partial charge in [0.25, 0.3) is 5.91 Å². The molecule has 10 nitrogen and oxygen atoms in total. The number of hydrogen-bond acceptors (Lipinski definition) is 8. The summed E-state index contributed by atoms with van der Waals surface area (Å²) in [6.07, 6.45) is 0.172. The number of nitrogens with zero attached hydrogens (tertiary/aromatic N) is 4. The Hall–Kier alpha value is -4.70. The van der Waals surface area contributed by atoms with Crippen molar-refractivity contribution in [1.82, 2.24) is 20.1 Å². The second-order valence-electron chi connectivity index (χ2n) is 9.33. The van der Waals surface area contributed by atoms with E-state index in [9.17, 15) is 19.8 Å². The van der Waals surface area contributed by atoms with E-state index >= 15 is 0 Å². The molecule has 3 aromatic carbocycles. The Kier molecular flexibility index (Phi) is 7.52. The molecule has 5 rings (SSSR count). The molecule has 3 N–H and O–H groups in total. The second kappa shape index (κ2) is 11.2. The third-order valence-electron chi connectivity index (χ3n) is 6.39. The molecular weight excluding hydrogens is 534 g/mol. The van der Waals surface area contributed by atoms with Crippen LogP contribution in [-0.4, -0.2) is 55.5 Å². The summed E-state index contributed by atoms with van der Waals surface area (Å²) in [4.78, 5) is 29.5. The first-order valence-corrected chi connectivity index (χ1v) is 12.9. The first kappa shape index (κ1) is 26.9. The topological polar surface area (TPSA) is 139 Å². The smallest absolute Gasteiger partial charge is 0.251 e. The van der Waals surface area contributed by atoms with Gasteiger partial charge >= 0.3 is 0 Å². The number of ether oxygens (including phenoxy) is 1. The summed E-state index contributed by atoms with van der Waals surface area (Å²) in [6.45, 7) is 3.74. The van der Waals surface area contributed by atoms with Gasteiger partial charge in [-0.25, -0.2) is 0 Å². The number of fused-ring (bicyclic) bond motifs is 3. The van der Waals surface area contributed by atoms with Gasteiger partial charge in [-0.15, -0.1) is 10.2 Å². The van der Waals surface area contributed by atoms with Gasteiger partial charge in [0.05, 0.1) is 17.9 Å². The summed E-state index contributed by atoms with van der Waals surface area (Å²) in [7, 11) is 0. The van der Waals surface area contributed by atoms with Crippen molar-refractivity contribution in [2.24, 2.45) is 4.99 Å². The number of amides is 1. The van der Waals surface area contributed by atoms with Crippen LogP contribution >= 0.6 is 11.6 Å². The van der Waals surface area contributed by atoms with Gasteiger partial charge in [0.1, 0.15) is 30.0 Å². The minimum atomic E-state index is -0.532. The van der Waals surface area contributed by atoms with Gasteiger partial charge in [-0.2, -0.15) is 0 Å². The Morgan fingerprint density at radius 2 is 1.80 bits per heavy atom. The van der Waals surface area contributed by atoms with Crippen molar-refractivity contribution in [3.8, 4) is 22.9 Å². The van der Waals surface area contributed by atoms with Crippen LogP contribution in [-0.2, 0) is 4.79 Å². The number of carbonyl (C=O) groups is 2. The van der Waals surface area contributed by atoms with Crippen LogP contribution < -0.4 is 10.1 Å². The highest BCUT2D eigenvalue weighted by Gasteiger charge is 2.29. The molecule has 40 heavy (non-hydrogen) atoms. The summed E-state index contributed by atoms with van der Waals surface area (Å²) in [5.74, 6) is 0.689. The number of aromatic hydroxyl groups is 2. The fraction of sp³-hybridized carbons (Fsp3) is 0.207. The first-order chi connectivity index (χ1) is 19.2. The zero-order valence-electron chi connectivity index (χ0n) is 21.8. The van der Waals surface area contributed by atoms with Crippen LogP contribution in [0.4, 0.5) is 0 Å². The third-order valence-corrected chi connectivity index (χ3v) is 6.64. The van der Waals surface area contributed by atoms with E-state index in [0.717, 1.165) is 16.8 Å². The van der Waals surface area contributed by atoms with Gasteiger partial charge < -0.3 is 20.3 Å². The molecule has 1 atom stereocenters. The number of hydrogen-bond donors (Lipinski definition) is 3. The minimum absolute atomic E-state index is 0.0176. The molecule has 1 aromatic heterocycles. The number of aromatic nitrogens is 3. The zero-order chi connectivity index (χ0) is 28.4. The number of halogens is 1. The molecule has 4 aromatic rings. The fourth-order valence-electron chi connectivity index (χ4n) is 4.51. The van der Waals surface area contributed by atoms with Crippen LogP contribution in [0.15, 0.2) is 65.7 Å². The fourth-order valence-corrected chi connectivity index (χ4v) is 4.64. The lowest BCUT2D eigenvalue weighted by Crippen LogP contribution is -2.28. The molecule has 1 amide bonds. The highest BCUT2D eigenvalue weighted by atomic mass is 35.5. The summed E-state index contributed by atoms with van der Waals surface area (Å²) in [5, 5.41) is 31.0. The number of ketones is 1. The molecule has 0 spiro atoms. The van der Waals surface area contributed by atoms with E-state index in [0.29, 0.717) is 28.1 Å². The number of phenolic OH excluding ortho intramolecular Hbond substituents is 2. The summed E-state index contributed by atoms with van der Waals surface area (Å²) < 4.78 is 7.87. The molecule has 1 aliphatic heterocycles. The Labute approximate surface area is 234 Å². The second-order valence-corrected chi connectivity index (χ2v) is 9.77. The van der Waals surface area contributed by atoms with E-state index in [1.807, 2.05) is 41.8 Å². The Morgan fingerprint density at radius 1 is 1.02 bits per heavy atom. The molecule has 0 saturated heterocycles. The minimum Gasteiger partial charge on any atom is -0.504 e. The first-order valence-electron chi connectivity index (χ1n) is 12.5. The van der Waals surface area contributed by atoms with E-state index in [2.05, 4.69) is 15.5 Å². The van der Waals surface area contributed by atoms with Gasteiger partial charge in [-0.3, -0.25) is 19.1 Å². The van der Waals surface area contributed by atoms with Crippen LogP contribution in [0.2, 0.25) is 5.02 Å². The van der Waals surface area contributed by atoms with Gasteiger partial charge in [0.2, 0.25) is 0 Å². The maximum Gasteiger partial charge on any atom is 0.251 e. The number of Topliss-reactive ketones (excluding diaryl/α,β-unsaturated/α-hetero) is 1. The normalized spacial score (nSPS) is 14.0. The van der Waals surface area contributed by atoms with Crippen LogP contribution in [0.3, 0.4) is 0 Å². The quantitative estimate of drug-likeness (QED) is 0.216. The van der Waals surface area contributed by atoms with Crippen LogP contribution in [0.5, 0.6) is 17.2 Å². The number of nitrogens with one attached hydrogen (secondary N) is 1. The summed E-state index contributed by atoms with van der Waals surface area (Å²) in [5.41, 5.74) is 3.25. The van der Waals surface area contributed by atoms with Crippen molar-refractivity contribution < 1.29 is 24.5 Å². The molecule has 2 heterocycles. The monoisotopic (exact) mass is 559 g/mol. The highest BCUT2D eigenvalue weighted by Crippen LogP contribution is 2.34. The molecule has 0 aliphatic carbocycles. The van der Waals surface area contributed by atoms with Crippen molar-refractivity contribution in [3.63, 3.8) is 0 Å². The molecule has 11 heteroatoms. The number of aliphatic imine (C=N–C) groups is 1. The molecule has 0 unspecified atom stereocenters. The highest BCUT2D eigenvalue weighted by molar-refractivity contribution is 6.30. The maximum atomic E-state index is 12.4. The lowest BCUT2D eigenvalue weighted by Gasteiger charge is -2.15. The number of carbonyl (C=O) groups excluding carboxylic acids is 2. The maximum absolute atomic E-state index is 12.4. The number of phenols is 2. The number of rotatable bonds is 8. The number of aryl methyl sites for hydroxylation is 1. The largest absolute Gasteiger partial charge is 0.504 e. The summed E-state index contributed by atoms with van der Waals surface area (Å²) >= 11 is 6.15. The van der Waals surface area contributed by atoms with E-state index in [-0.39, 0.29) is 42.4 Å².